The summed E-state index contributed by atoms with van der Waals surface area (Å²) in [4.78, 5) is 4.89. The first-order valence-corrected chi connectivity index (χ1v) is 33.1. The van der Waals surface area contributed by atoms with Crippen molar-refractivity contribution in [2.24, 2.45) is 0 Å². The van der Waals surface area contributed by atoms with Crippen molar-refractivity contribution in [3.63, 3.8) is 0 Å². The second-order valence-electron chi connectivity index (χ2n) is 25.9. The number of fused-ring (bicyclic) bond motifs is 2. The molecule has 0 radical (unpaired) electrons. The number of rotatable bonds is 15. The zero-order valence-corrected chi connectivity index (χ0v) is 55.0. The van der Waals surface area contributed by atoms with Gasteiger partial charge in [0.2, 0.25) is 0 Å². The molecule has 0 fully saturated rings. The van der Waals surface area contributed by atoms with Gasteiger partial charge < -0.3 is 9.80 Å². The molecule has 0 heterocycles. The molecule has 0 aromatic heterocycles. The predicted molar refractivity (Wildman–Crippen MR) is 410 cm³/mol. The molecule has 0 saturated heterocycles. The number of nitrogens with zero attached hydrogens (tertiary/aromatic N) is 2. The third-order valence-corrected chi connectivity index (χ3v) is 19.0. The lowest BCUT2D eigenvalue weighted by Crippen LogP contribution is -2.11. The monoisotopic (exact) mass is 1220 g/mol. The van der Waals surface area contributed by atoms with Crippen LogP contribution in [-0.4, -0.2) is 0 Å². The molecule has 0 bridgehead atoms. The largest absolute Gasteiger partial charge is 0.310 e. The number of hydrogen-bond acceptors (Lipinski definition) is 2. The van der Waals surface area contributed by atoms with Crippen LogP contribution in [0.4, 0.5) is 34.1 Å². The van der Waals surface area contributed by atoms with Crippen LogP contribution in [0.25, 0.3) is 78.0 Å². The molecular formula is C93H74N2. The summed E-state index contributed by atoms with van der Waals surface area (Å²) < 4.78 is 0. The second kappa shape index (κ2) is 25.5. The van der Waals surface area contributed by atoms with Crippen LogP contribution in [0.5, 0.6) is 0 Å². The van der Waals surface area contributed by atoms with E-state index >= 15 is 0 Å². The minimum absolute atomic E-state index is 1.07. The maximum atomic E-state index is 2.46. The van der Waals surface area contributed by atoms with Gasteiger partial charge in [-0.1, -0.05) is 282 Å². The Kier molecular flexibility index (Phi) is 16.0. The average molecular weight is 1220 g/mol. The van der Waals surface area contributed by atoms with Crippen LogP contribution >= 0.6 is 0 Å². The molecule has 2 nitrogen and oxygen atoms in total. The van der Waals surface area contributed by atoms with Gasteiger partial charge in [0, 0.05) is 33.5 Å². The number of benzene rings is 15. The zero-order chi connectivity index (χ0) is 64.7. The number of aryl methyl sites for hydroxylation is 7. The van der Waals surface area contributed by atoms with Crippen molar-refractivity contribution in [2.75, 3.05) is 9.80 Å². The fraction of sp³-hybridized carbons (Fsp3) is 0.0753. The Morgan fingerprint density at radius 3 is 0.642 bits per heavy atom. The second-order valence-corrected chi connectivity index (χ2v) is 25.9. The fourth-order valence-electron chi connectivity index (χ4n) is 13.7. The Bertz CT molecular complexity index is 5050. The molecule has 15 aromatic rings. The zero-order valence-electron chi connectivity index (χ0n) is 55.0. The van der Waals surface area contributed by atoms with Gasteiger partial charge in [-0.3, -0.25) is 0 Å². The smallest absolute Gasteiger partial charge is 0.0540 e. The first kappa shape index (κ1) is 59.7. The van der Waals surface area contributed by atoms with Gasteiger partial charge >= 0.3 is 0 Å². The topological polar surface area (TPSA) is 6.48 Å². The highest BCUT2D eigenvalue weighted by Crippen LogP contribution is 2.49. The van der Waals surface area contributed by atoms with Gasteiger partial charge in [0.1, 0.15) is 0 Å². The van der Waals surface area contributed by atoms with E-state index in [2.05, 4.69) is 380 Å². The highest BCUT2D eigenvalue weighted by molar-refractivity contribution is 6.35. The van der Waals surface area contributed by atoms with E-state index in [1.807, 2.05) is 0 Å². The van der Waals surface area contributed by atoms with E-state index in [0.29, 0.717) is 0 Å². The van der Waals surface area contributed by atoms with E-state index in [-0.39, 0.29) is 0 Å². The summed E-state index contributed by atoms with van der Waals surface area (Å²) in [5.41, 5.74) is 29.4. The first-order chi connectivity index (χ1) is 46.4. The molecule has 0 N–H and O–H groups in total. The third-order valence-electron chi connectivity index (χ3n) is 19.0. The van der Waals surface area contributed by atoms with Crippen LogP contribution in [0.1, 0.15) is 89.0 Å². The molecule has 0 spiro atoms. The maximum absolute atomic E-state index is 2.46. The molecule has 0 atom stereocenters. The van der Waals surface area contributed by atoms with E-state index < -0.39 is 0 Å². The molecule has 0 amide bonds. The molecule has 15 aromatic carbocycles. The Morgan fingerprint density at radius 1 is 0.200 bits per heavy atom. The van der Waals surface area contributed by atoms with Crippen LogP contribution in [0.3, 0.4) is 0 Å². The van der Waals surface area contributed by atoms with E-state index in [0.717, 1.165) is 50.8 Å². The third kappa shape index (κ3) is 12.0. The van der Waals surface area contributed by atoms with Crippen molar-refractivity contribution in [2.45, 2.75) is 48.5 Å². The first-order valence-electron chi connectivity index (χ1n) is 33.1. The van der Waals surface area contributed by atoms with E-state index in [1.165, 1.54) is 132 Å². The molecule has 0 saturated carbocycles. The molecule has 15 rings (SSSR count). The van der Waals surface area contributed by atoms with Crippen LogP contribution in [0.2, 0.25) is 0 Å². The molecule has 2 heteroatoms. The van der Waals surface area contributed by atoms with Crippen LogP contribution in [0.15, 0.2) is 303 Å². The van der Waals surface area contributed by atoms with Crippen LogP contribution in [-0.2, 0) is 0 Å². The summed E-state index contributed by atoms with van der Waals surface area (Å²) in [6, 6.07) is 113. The van der Waals surface area contributed by atoms with Gasteiger partial charge in [0.25, 0.3) is 0 Å². The Balaban J connectivity index is 0.862. The fourth-order valence-corrected chi connectivity index (χ4v) is 13.7. The van der Waals surface area contributed by atoms with E-state index in [9.17, 15) is 0 Å². The van der Waals surface area contributed by atoms with Gasteiger partial charge in [0.05, 0.1) is 11.4 Å². The van der Waals surface area contributed by atoms with Crippen molar-refractivity contribution < 1.29 is 0 Å². The summed E-state index contributed by atoms with van der Waals surface area (Å²) in [5.74, 6) is 0. The Hall–Kier alpha value is -11.6. The molecule has 456 valence electrons. The minimum atomic E-state index is 1.07. The minimum Gasteiger partial charge on any atom is -0.310 e. The summed E-state index contributed by atoms with van der Waals surface area (Å²) in [6.45, 7) is 15.0. The lowest BCUT2D eigenvalue weighted by molar-refractivity contribution is 1.29. The summed E-state index contributed by atoms with van der Waals surface area (Å²) in [6.07, 6.45) is 6.99. The van der Waals surface area contributed by atoms with Gasteiger partial charge in [-0.25, -0.2) is 0 Å². The molecule has 0 aliphatic carbocycles. The van der Waals surface area contributed by atoms with Gasteiger partial charge in [-0.05, 0) is 226 Å². The predicted octanol–water partition coefficient (Wildman–Crippen LogP) is 25.6. The lowest BCUT2D eigenvalue weighted by Gasteiger charge is -2.29. The summed E-state index contributed by atoms with van der Waals surface area (Å²) in [5, 5.41) is 9.80. The molecule has 95 heavy (non-hydrogen) atoms. The van der Waals surface area contributed by atoms with E-state index in [1.54, 1.807) is 0 Å². The average Bonchev–Trinajstić information content (AvgIpc) is 0.713. The molecule has 0 unspecified atom stereocenters. The summed E-state index contributed by atoms with van der Waals surface area (Å²) in [7, 11) is 0. The molecule has 0 aliphatic heterocycles. The van der Waals surface area contributed by atoms with Gasteiger partial charge in [-0.2, -0.15) is 0 Å². The highest BCUT2D eigenvalue weighted by atomic mass is 15.1. The normalized spacial score (nSPS) is 11.3. The van der Waals surface area contributed by atoms with Gasteiger partial charge in [0.15, 0.2) is 0 Å². The quantitative estimate of drug-likeness (QED) is 0.0573. The van der Waals surface area contributed by atoms with Crippen molar-refractivity contribution in [3.8, 4) is 0 Å². The van der Waals surface area contributed by atoms with Crippen molar-refractivity contribution in [1.82, 2.24) is 0 Å². The van der Waals surface area contributed by atoms with Crippen molar-refractivity contribution >= 4 is 112 Å². The van der Waals surface area contributed by atoms with Crippen LogP contribution < -0.4 is 9.80 Å². The Labute approximate surface area is 559 Å². The van der Waals surface area contributed by atoms with Gasteiger partial charge in [-0.15, -0.1) is 0 Å². The molecular weight excluding hydrogens is 1150 g/mol. The number of anilines is 6. The standard InChI is InChI=1S/C93H74N2/c1-61-14-34-71(35-15-61)87(72-36-16-62(2)17-37-72)58-68-28-48-78(49-29-68)94(77-46-26-67(7)27-47-77)90-56-54-83-84-55-57-91(86-13-9-11-82(93(84)86)81-10-8-12-85(90)92(81)83)95(79-50-30-69(31-51-79)59-88(73-38-18-63(3)19-39-73)74-40-20-64(4)21-41-74)80-52-32-70(33-53-80)60-89(75-42-22-65(5)23-43-75)76-44-24-66(6)25-45-76/h8-60H,1-7H3. The highest BCUT2D eigenvalue weighted by Gasteiger charge is 2.24. The van der Waals surface area contributed by atoms with Crippen LogP contribution in [0, 0.1) is 48.5 Å². The van der Waals surface area contributed by atoms with Crippen molar-refractivity contribution in [3.05, 3.63) is 392 Å². The number of hydrogen-bond donors (Lipinski definition) is 0. The van der Waals surface area contributed by atoms with Crippen molar-refractivity contribution in [1.29, 1.82) is 0 Å². The SMILES string of the molecule is Cc1ccc(C(=Cc2ccc(N(c3ccc(C)cc3)c3ccc4c5ccc(N(c6ccc(C=C(c7ccc(C)cc7)c7ccc(C)cc7)cc6)c6ccc(C=C(c7ccc(C)cc7)c7ccc(C)cc7)cc6)c6cccc(c7cccc3c74)c65)cc2)c2ccc(C)cc2)cc1. The maximum Gasteiger partial charge on any atom is 0.0540 e. The Morgan fingerprint density at radius 2 is 0.400 bits per heavy atom. The lowest BCUT2D eigenvalue weighted by atomic mass is 9.88. The van der Waals surface area contributed by atoms with E-state index in [4.69, 9.17) is 0 Å². The summed E-state index contributed by atoms with van der Waals surface area (Å²) >= 11 is 0. The molecule has 0 aliphatic rings.